The van der Waals surface area contributed by atoms with Crippen LogP contribution in [0.3, 0.4) is 0 Å². The van der Waals surface area contributed by atoms with Crippen LogP contribution in [0.2, 0.25) is 0 Å². The molecule has 1 aliphatic rings. The summed E-state index contributed by atoms with van der Waals surface area (Å²) in [6.45, 7) is 12.5. The second-order valence-electron chi connectivity index (χ2n) is 5.97. The van der Waals surface area contributed by atoms with Gasteiger partial charge >= 0.3 is 7.12 Å². The largest absolute Gasteiger partial charge is 0.496 e. The van der Waals surface area contributed by atoms with Crippen molar-refractivity contribution in [2.45, 2.75) is 52.7 Å². The third kappa shape index (κ3) is 1.83. The summed E-state index contributed by atoms with van der Waals surface area (Å²) >= 11 is 0. The van der Waals surface area contributed by atoms with Gasteiger partial charge in [-0.15, -0.1) is 0 Å². The molecule has 0 spiro atoms. The van der Waals surface area contributed by atoms with Crippen molar-refractivity contribution in [1.82, 2.24) is 4.57 Å². The molecule has 0 saturated carbocycles. The van der Waals surface area contributed by atoms with Crippen molar-refractivity contribution < 1.29 is 9.31 Å². The fourth-order valence-corrected chi connectivity index (χ4v) is 2.09. The van der Waals surface area contributed by atoms with E-state index in [0.717, 1.165) is 5.46 Å². The van der Waals surface area contributed by atoms with Gasteiger partial charge in [-0.1, -0.05) is 0 Å². The van der Waals surface area contributed by atoms with Crippen LogP contribution in [0.15, 0.2) is 6.07 Å². The summed E-state index contributed by atoms with van der Waals surface area (Å²) in [4.78, 5) is 0. The molecule has 2 rings (SSSR count). The Balaban J connectivity index is 2.35. The van der Waals surface area contributed by atoms with Crippen LogP contribution in [0.25, 0.3) is 0 Å². The second kappa shape index (κ2) is 3.63. The topological polar surface area (TPSA) is 23.4 Å². The van der Waals surface area contributed by atoms with Gasteiger partial charge in [-0.25, -0.2) is 0 Å². The molecule has 0 aromatic carbocycles. The minimum atomic E-state index is -0.270. The van der Waals surface area contributed by atoms with Crippen LogP contribution >= 0.6 is 0 Å². The Morgan fingerprint density at radius 1 is 1.06 bits per heavy atom. The van der Waals surface area contributed by atoms with Gasteiger partial charge in [0.15, 0.2) is 0 Å². The molecule has 4 heteroatoms. The number of aromatic nitrogens is 1. The zero-order valence-electron chi connectivity index (χ0n) is 11.9. The number of hydrogen-bond acceptors (Lipinski definition) is 2. The van der Waals surface area contributed by atoms with Crippen LogP contribution in [0.4, 0.5) is 0 Å². The number of aryl methyl sites for hydroxylation is 1. The standard InChI is InChI=1S/C13H22BNO2/c1-9-8-11(10(2)15(9)7)14-16-12(3,4)13(5,6)17-14/h8H,1-7H3. The quantitative estimate of drug-likeness (QED) is 0.694. The SMILES string of the molecule is Cc1cc(B2OC(C)(C)C(C)(C)O2)c(C)n1C. The summed E-state index contributed by atoms with van der Waals surface area (Å²) in [5, 5.41) is 0. The molecule has 94 valence electrons. The Bertz CT molecular complexity index is 433. The molecule has 0 unspecified atom stereocenters. The molecule has 0 bridgehead atoms. The van der Waals surface area contributed by atoms with Crippen molar-refractivity contribution in [3.8, 4) is 0 Å². The van der Waals surface area contributed by atoms with E-state index in [2.05, 4.69) is 59.2 Å². The molecule has 0 aliphatic carbocycles. The van der Waals surface area contributed by atoms with Crippen LogP contribution in [0.1, 0.15) is 39.1 Å². The van der Waals surface area contributed by atoms with E-state index < -0.39 is 0 Å². The van der Waals surface area contributed by atoms with Gasteiger partial charge in [0.2, 0.25) is 0 Å². The lowest BCUT2D eigenvalue weighted by Crippen LogP contribution is -2.41. The molecule has 0 radical (unpaired) electrons. The fraction of sp³-hybridized carbons (Fsp3) is 0.692. The minimum absolute atomic E-state index is 0.250. The molecule has 2 heterocycles. The van der Waals surface area contributed by atoms with Gasteiger partial charge in [0.25, 0.3) is 0 Å². The second-order valence-corrected chi connectivity index (χ2v) is 5.97. The van der Waals surface area contributed by atoms with E-state index in [-0.39, 0.29) is 18.3 Å². The minimum Gasteiger partial charge on any atom is -0.399 e. The van der Waals surface area contributed by atoms with E-state index in [4.69, 9.17) is 9.31 Å². The summed E-state index contributed by atoms with van der Waals surface area (Å²) in [5.74, 6) is 0. The van der Waals surface area contributed by atoms with Gasteiger partial charge in [0, 0.05) is 23.9 Å². The van der Waals surface area contributed by atoms with Crippen LogP contribution in [-0.2, 0) is 16.4 Å². The Kier molecular flexibility index (Phi) is 2.71. The number of rotatable bonds is 1. The van der Waals surface area contributed by atoms with Gasteiger partial charge < -0.3 is 13.9 Å². The maximum Gasteiger partial charge on any atom is 0.496 e. The average Bonchev–Trinajstić information content (AvgIpc) is 2.55. The molecule has 1 aliphatic heterocycles. The summed E-state index contributed by atoms with van der Waals surface area (Å²) in [7, 11) is 1.82. The predicted molar refractivity (Wildman–Crippen MR) is 70.6 cm³/mol. The van der Waals surface area contributed by atoms with Gasteiger partial charge in [0.1, 0.15) is 0 Å². The highest BCUT2D eigenvalue weighted by Crippen LogP contribution is 2.36. The van der Waals surface area contributed by atoms with Crippen molar-refractivity contribution in [2.24, 2.45) is 7.05 Å². The predicted octanol–water partition coefficient (Wildman–Crippen LogP) is 1.94. The maximum absolute atomic E-state index is 6.06. The highest BCUT2D eigenvalue weighted by atomic mass is 16.7. The maximum atomic E-state index is 6.06. The van der Waals surface area contributed by atoms with Gasteiger partial charge in [0.05, 0.1) is 11.2 Å². The van der Waals surface area contributed by atoms with E-state index in [1.807, 2.05) is 0 Å². The smallest absolute Gasteiger partial charge is 0.399 e. The van der Waals surface area contributed by atoms with Crippen molar-refractivity contribution in [3.05, 3.63) is 17.5 Å². The highest BCUT2D eigenvalue weighted by Gasteiger charge is 2.52. The number of hydrogen-bond donors (Lipinski definition) is 0. The lowest BCUT2D eigenvalue weighted by atomic mass is 9.79. The third-order valence-electron chi connectivity index (χ3n) is 4.32. The molecule has 0 atom stereocenters. The van der Waals surface area contributed by atoms with Crippen LogP contribution in [0, 0.1) is 13.8 Å². The molecular formula is C13H22BNO2. The van der Waals surface area contributed by atoms with Crippen molar-refractivity contribution in [2.75, 3.05) is 0 Å². The van der Waals surface area contributed by atoms with Gasteiger partial charge in [-0.2, -0.15) is 0 Å². The molecule has 1 aromatic heterocycles. The normalized spacial score (nSPS) is 22.2. The van der Waals surface area contributed by atoms with Gasteiger partial charge in [-0.3, -0.25) is 0 Å². The molecule has 1 fully saturated rings. The van der Waals surface area contributed by atoms with Crippen LogP contribution in [-0.4, -0.2) is 22.9 Å². The fourth-order valence-electron chi connectivity index (χ4n) is 2.09. The van der Waals surface area contributed by atoms with E-state index in [1.54, 1.807) is 0 Å². The summed E-state index contributed by atoms with van der Waals surface area (Å²) in [6, 6.07) is 2.15. The molecule has 0 N–H and O–H groups in total. The molecule has 0 amide bonds. The molecule has 1 aromatic rings. The lowest BCUT2D eigenvalue weighted by molar-refractivity contribution is 0.00578. The average molecular weight is 235 g/mol. The summed E-state index contributed by atoms with van der Waals surface area (Å²) in [5.41, 5.74) is 3.04. The van der Waals surface area contributed by atoms with Gasteiger partial charge in [-0.05, 0) is 47.6 Å². The Morgan fingerprint density at radius 2 is 1.53 bits per heavy atom. The van der Waals surface area contributed by atoms with Crippen molar-refractivity contribution >= 4 is 12.6 Å². The van der Waals surface area contributed by atoms with Crippen molar-refractivity contribution in [3.63, 3.8) is 0 Å². The lowest BCUT2D eigenvalue weighted by Gasteiger charge is -2.32. The molecule has 1 saturated heterocycles. The number of nitrogens with zero attached hydrogens (tertiary/aromatic N) is 1. The van der Waals surface area contributed by atoms with Crippen molar-refractivity contribution in [1.29, 1.82) is 0 Å². The molecule has 3 nitrogen and oxygen atoms in total. The Labute approximate surface area is 104 Å². The highest BCUT2D eigenvalue weighted by molar-refractivity contribution is 6.62. The Hall–Kier alpha value is -0.735. The first-order valence-corrected chi connectivity index (χ1v) is 6.14. The zero-order valence-corrected chi connectivity index (χ0v) is 11.9. The van der Waals surface area contributed by atoms with E-state index >= 15 is 0 Å². The van der Waals surface area contributed by atoms with E-state index in [0.29, 0.717) is 0 Å². The van der Waals surface area contributed by atoms with E-state index in [9.17, 15) is 0 Å². The summed E-state index contributed by atoms with van der Waals surface area (Å²) in [6.07, 6.45) is 0. The molecule has 17 heavy (non-hydrogen) atoms. The monoisotopic (exact) mass is 235 g/mol. The van der Waals surface area contributed by atoms with Crippen LogP contribution < -0.4 is 5.46 Å². The summed E-state index contributed by atoms with van der Waals surface area (Å²) < 4.78 is 14.3. The first-order valence-electron chi connectivity index (χ1n) is 6.14. The van der Waals surface area contributed by atoms with Crippen LogP contribution in [0.5, 0.6) is 0 Å². The Morgan fingerprint density at radius 3 is 1.88 bits per heavy atom. The van der Waals surface area contributed by atoms with E-state index in [1.165, 1.54) is 11.4 Å². The first-order chi connectivity index (χ1) is 7.66. The zero-order chi connectivity index (χ0) is 13.0. The molecular weight excluding hydrogens is 213 g/mol. The third-order valence-corrected chi connectivity index (χ3v) is 4.32. The first kappa shape index (κ1) is 12.7.